The number of amides is 2. The van der Waals surface area contributed by atoms with Crippen molar-refractivity contribution in [3.63, 3.8) is 0 Å². The van der Waals surface area contributed by atoms with Gasteiger partial charge in [-0.05, 0) is 27.2 Å². The first-order chi connectivity index (χ1) is 9.24. The van der Waals surface area contributed by atoms with Crippen molar-refractivity contribution >= 4 is 17.5 Å². The van der Waals surface area contributed by atoms with Gasteiger partial charge in [-0.3, -0.25) is 14.7 Å². The maximum Gasteiger partial charge on any atom is 0.273 e. The quantitative estimate of drug-likeness (QED) is 0.632. The number of anilines is 1. The highest BCUT2D eigenvalue weighted by atomic mass is 16.2. The maximum absolute atomic E-state index is 11.9. The Labute approximate surface area is 118 Å². The van der Waals surface area contributed by atoms with Gasteiger partial charge in [-0.15, -0.1) is 0 Å². The molecule has 0 spiro atoms. The van der Waals surface area contributed by atoms with Gasteiger partial charge >= 0.3 is 0 Å². The van der Waals surface area contributed by atoms with Crippen LogP contribution in [-0.4, -0.2) is 34.1 Å². The molecule has 0 aliphatic heterocycles. The van der Waals surface area contributed by atoms with Crippen LogP contribution in [-0.2, 0) is 11.2 Å². The zero-order valence-electron chi connectivity index (χ0n) is 12.5. The van der Waals surface area contributed by atoms with Crippen LogP contribution in [0.1, 0.15) is 50.3 Å². The predicted molar refractivity (Wildman–Crippen MR) is 77.2 cm³/mol. The summed E-state index contributed by atoms with van der Waals surface area (Å²) in [7, 11) is 0. The van der Waals surface area contributed by atoms with Gasteiger partial charge < -0.3 is 16.4 Å². The first-order valence-electron chi connectivity index (χ1n) is 6.66. The number of nitrogen functional groups attached to an aromatic ring is 1. The predicted octanol–water partition coefficient (Wildman–Crippen LogP) is 0.589. The van der Waals surface area contributed by atoms with E-state index in [0.717, 1.165) is 5.69 Å². The molecule has 112 valence electrons. The minimum Gasteiger partial charge on any atom is -0.395 e. The van der Waals surface area contributed by atoms with Gasteiger partial charge in [0.2, 0.25) is 5.91 Å². The number of aromatic nitrogens is 2. The molecule has 0 fully saturated rings. The Morgan fingerprint density at radius 2 is 2.00 bits per heavy atom. The molecule has 20 heavy (non-hydrogen) atoms. The van der Waals surface area contributed by atoms with Crippen molar-refractivity contribution in [1.29, 1.82) is 0 Å². The van der Waals surface area contributed by atoms with E-state index in [4.69, 9.17) is 5.73 Å². The van der Waals surface area contributed by atoms with Gasteiger partial charge in [-0.25, -0.2) is 0 Å². The average Bonchev–Trinajstić information content (AvgIpc) is 2.67. The summed E-state index contributed by atoms with van der Waals surface area (Å²) in [6, 6.07) is 0. The number of nitrogens with two attached hydrogens (primary N) is 1. The molecule has 0 saturated heterocycles. The van der Waals surface area contributed by atoms with E-state index in [0.29, 0.717) is 12.1 Å². The van der Waals surface area contributed by atoms with Crippen LogP contribution in [0.2, 0.25) is 0 Å². The lowest BCUT2D eigenvalue weighted by Crippen LogP contribution is -2.42. The number of carbonyl (C=O) groups is 2. The maximum atomic E-state index is 11.9. The molecular formula is C13H23N5O2. The van der Waals surface area contributed by atoms with Crippen molar-refractivity contribution in [2.24, 2.45) is 0 Å². The smallest absolute Gasteiger partial charge is 0.273 e. The van der Waals surface area contributed by atoms with Gasteiger partial charge in [0.15, 0.2) is 5.69 Å². The van der Waals surface area contributed by atoms with Gasteiger partial charge in [0.05, 0.1) is 11.4 Å². The van der Waals surface area contributed by atoms with Crippen LogP contribution in [0, 0.1) is 0 Å². The average molecular weight is 281 g/mol. The van der Waals surface area contributed by atoms with Crippen molar-refractivity contribution in [2.45, 2.75) is 46.1 Å². The molecule has 1 heterocycles. The summed E-state index contributed by atoms with van der Waals surface area (Å²) in [6.07, 6.45) is 0.897. The fraction of sp³-hybridized carbons (Fsp3) is 0.615. The Hall–Kier alpha value is -2.05. The molecule has 1 aromatic heterocycles. The van der Waals surface area contributed by atoms with Crippen LogP contribution in [0.15, 0.2) is 0 Å². The number of rotatable bonds is 5. The van der Waals surface area contributed by atoms with E-state index in [-0.39, 0.29) is 36.0 Å². The van der Waals surface area contributed by atoms with E-state index in [2.05, 4.69) is 20.8 Å². The summed E-state index contributed by atoms with van der Waals surface area (Å²) in [5.74, 6) is -0.482. The van der Waals surface area contributed by atoms with Gasteiger partial charge in [0.1, 0.15) is 0 Å². The lowest BCUT2D eigenvalue weighted by molar-refractivity contribution is -0.122. The number of aryl methyl sites for hydroxylation is 1. The molecule has 0 bridgehead atoms. The van der Waals surface area contributed by atoms with Gasteiger partial charge in [0.25, 0.3) is 5.91 Å². The second kappa shape index (κ2) is 6.40. The SMILES string of the molecule is CCc1[nH]nc(C(=O)NCCC(=O)NC(C)(C)C)c1N. The molecule has 7 heteroatoms. The Morgan fingerprint density at radius 3 is 2.50 bits per heavy atom. The Bertz CT molecular complexity index is 487. The second-order valence-electron chi connectivity index (χ2n) is 5.62. The lowest BCUT2D eigenvalue weighted by atomic mass is 10.1. The highest BCUT2D eigenvalue weighted by molar-refractivity contribution is 5.97. The summed E-state index contributed by atoms with van der Waals surface area (Å²) in [5.41, 5.74) is 6.80. The van der Waals surface area contributed by atoms with E-state index in [9.17, 15) is 9.59 Å². The molecule has 0 aliphatic rings. The van der Waals surface area contributed by atoms with Crippen molar-refractivity contribution in [1.82, 2.24) is 20.8 Å². The summed E-state index contributed by atoms with van der Waals surface area (Å²) >= 11 is 0. The third-order valence-corrected chi connectivity index (χ3v) is 2.60. The molecule has 0 radical (unpaired) electrons. The number of H-pyrrole nitrogens is 1. The standard InChI is InChI=1S/C13H23N5O2/c1-5-8-10(14)11(18-17-8)12(20)15-7-6-9(19)16-13(2,3)4/h5-7,14H2,1-4H3,(H,15,20)(H,16,19)(H,17,18). The van der Waals surface area contributed by atoms with E-state index in [1.807, 2.05) is 27.7 Å². The Balaban J connectivity index is 2.44. The first-order valence-corrected chi connectivity index (χ1v) is 6.66. The van der Waals surface area contributed by atoms with Crippen LogP contribution < -0.4 is 16.4 Å². The lowest BCUT2D eigenvalue weighted by Gasteiger charge is -2.20. The highest BCUT2D eigenvalue weighted by Crippen LogP contribution is 2.13. The van der Waals surface area contributed by atoms with Crippen molar-refractivity contribution in [2.75, 3.05) is 12.3 Å². The number of nitrogens with one attached hydrogen (secondary N) is 3. The first kappa shape index (κ1) is 16.0. The molecule has 0 saturated carbocycles. The van der Waals surface area contributed by atoms with Crippen molar-refractivity contribution in [3.8, 4) is 0 Å². The molecule has 1 aromatic rings. The van der Waals surface area contributed by atoms with E-state index in [1.54, 1.807) is 0 Å². The molecule has 5 N–H and O–H groups in total. The van der Waals surface area contributed by atoms with Crippen LogP contribution in [0.3, 0.4) is 0 Å². The molecule has 0 aliphatic carbocycles. The number of carbonyl (C=O) groups excluding carboxylic acids is 2. The van der Waals surface area contributed by atoms with Crippen LogP contribution in [0.4, 0.5) is 5.69 Å². The molecule has 2 amide bonds. The Kier molecular flexibility index (Phi) is 5.12. The van der Waals surface area contributed by atoms with Crippen molar-refractivity contribution < 1.29 is 9.59 Å². The number of hydrogen-bond acceptors (Lipinski definition) is 4. The molecule has 1 rings (SSSR count). The zero-order valence-corrected chi connectivity index (χ0v) is 12.5. The van der Waals surface area contributed by atoms with Gasteiger partial charge in [-0.2, -0.15) is 5.10 Å². The van der Waals surface area contributed by atoms with Crippen LogP contribution >= 0.6 is 0 Å². The van der Waals surface area contributed by atoms with E-state index in [1.165, 1.54) is 0 Å². The monoisotopic (exact) mass is 281 g/mol. The largest absolute Gasteiger partial charge is 0.395 e. The molecular weight excluding hydrogens is 258 g/mol. The molecule has 0 atom stereocenters. The van der Waals surface area contributed by atoms with E-state index >= 15 is 0 Å². The van der Waals surface area contributed by atoms with E-state index < -0.39 is 0 Å². The molecule has 0 unspecified atom stereocenters. The fourth-order valence-corrected chi connectivity index (χ4v) is 1.68. The summed E-state index contributed by atoms with van der Waals surface area (Å²) < 4.78 is 0. The number of aromatic amines is 1. The summed E-state index contributed by atoms with van der Waals surface area (Å²) in [5, 5.41) is 12.1. The number of nitrogens with zero attached hydrogens (tertiary/aromatic N) is 1. The minimum absolute atomic E-state index is 0.109. The zero-order chi connectivity index (χ0) is 15.3. The normalized spacial score (nSPS) is 11.2. The summed E-state index contributed by atoms with van der Waals surface area (Å²) in [6.45, 7) is 7.87. The van der Waals surface area contributed by atoms with Crippen molar-refractivity contribution in [3.05, 3.63) is 11.4 Å². The van der Waals surface area contributed by atoms with Gasteiger partial charge in [-0.1, -0.05) is 6.92 Å². The summed E-state index contributed by atoms with van der Waals surface area (Å²) in [4.78, 5) is 23.4. The minimum atomic E-state index is -0.373. The number of hydrogen-bond donors (Lipinski definition) is 4. The third-order valence-electron chi connectivity index (χ3n) is 2.60. The van der Waals surface area contributed by atoms with Gasteiger partial charge in [0, 0.05) is 18.5 Å². The molecule has 0 aromatic carbocycles. The fourth-order valence-electron chi connectivity index (χ4n) is 1.68. The van der Waals surface area contributed by atoms with Crippen LogP contribution in [0.5, 0.6) is 0 Å². The Morgan fingerprint density at radius 1 is 1.35 bits per heavy atom. The second-order valence-corrected chi connectivity index (χ2v) is 5.62. The third kappa shape index (κ3) is 4.56. The molecule has 7 nitrogen and oxygen atoms in total. The van der Waals surface area contributed by atoms with Crippen LogP contribution in [0.25, 0.3) is 0 Å². The topological polar surface area (TPSA) is 113 Å². The highest BCUT2D eigenvalue weighted by Gasteiger charge is 2.17.